The Morgan fingerprint density at radius 2 is 2.07 bits per heavy atom. The van der Waals surface area contributed by atoms with E-state index in [0.717, 1.165) is 31.6 Å². The van der Waals surface area contributed by atoms with Gasteiger partial charge in [-0.05, 0) is 32.4 Å². The summed E-state index contributed by atoms with van der Waals surface area (Å²) in [5.74, 6) is 1.06. The van der Waals surface area contributed by atoms with E-state index in [1.807, 2.05) is 46.1 Å². The van der Waals surface area contributed by atoms with Crippen LogP contribution in [0.3, 0.4) is 0 Å². The van der Waals surface area contributed by atoms with Gasteiger partial charge in [-0.2, -0.15) is 10.1 Å². The second-order valence-corrected chi connectivity index (χ2v) is 7.35. The van der Waals surface area contributed by atoms with Gasteiger partial charge in [0.2, 0.25) is 0 Å². The van der Waals surface area contributed by atoms with Crippen LogP contribution in [0.2, 0.25) is 0 Å². The third-order valence-electron chi connectivity index (χ3n) is 5.21. The van der Waals surface area contributed by atoms with Crippen LogP contribution in [0.25, 0.3) is 0 Å². The molecule has 0 saturated carbocycles. The minimum atomic E-state index is -0.285. The van der Waals surface area contributed by atoms with Crippen molar-refractivity contribution in [2.75, 3.05) is 19.6 Å². The first kappa shape index (κ1) is 19.3. The molecule has 1 aliphatic rings. The van der Waals surface area contributed by atoms with Gasteiger partial charge in [-0.1, -0.05) is 23.4 Å². The summed E-state index contributed by atoms with van der Waals surface area (Å²) < 4.78 is 7.43. The first-order valence-corrected chi connectivity index (χ1v) is 10.0. The summed E-state index contributed by atoms with van der Waals surface area (Å²) in [7, 11) is 0. The first-order chi connectivity index (χ1) is 14.1. The molecule has 152 valence electrons. The molecule has 8 heteroatoms. The van der Waals surface area contributed by atoms with Crippen molar-refractivity contribution in [1.29, 1.82) is 0 Å². The molecule has 0 aliphatic carbocycles. The number of hydrogen-bond acceptors (Lipinski definition) is 6. The molecule has 1 fully saturated rings. The van der Waals surface area contributed by atoms with Crippen LogP contribution in [-0.2, 0) is 13.1 Å². The third-order valence-corrected chi connectivity index (χ3v) is 5.21. The highest BCUT2D eigenvalue weighted by Gasteiger charge is 2.34. The van der Waals surface area contributed by atoms with Crippen LogP contribution in [-0.4, -0.2) is 55.3 Å². The van der Waals surface area contributed by atoms with Gasteiger partial charge in [-0.15, -0.1) is 0 Å². The molecular formula is C21H26N6O2. The molecule has 1 aromatic carbocycles. The normalized spacial score (nSPS) is 18.0. The van der Waals surface area contributed by atoms with Crippen molar-refractivity contribution in [2.24, 2.45) is 0 Å². The lowest BCUT2D eigenvalue weighted by molar-refractivity contribution is 0.0631. The van der Waals surface area contributed by atoms with Gasteiger partial charge in [0, 0.05) is 50.0 Å². The molecule has 0 N–H and O–H groups in total. The predicted molar refractivity (Wildman–Crippen MR) is 107 cm³/mol. The Morgan fingerprint density at radius 1 is 1.24 bits per heavy atom. The Labute approximate surface area is 170 Å². The highest BCUT2D eigenvalue weighted by Crippen LogP contribution is 2.26. The van der Waals surface area contributed by atoms with E-state index in [-0.39, 0.29) is 11.9 Å². The van der Waals surface area contributed by atoms with Crippen molar-refractivity contribution < 1.29 is 9.32 Å². The van der Waals surface area contributed by atoms with Crippen molar-refractivity contribution in [3.05, 3.63) is 65.6 Å². The van der Waals surface area contributed by atoms with E-state index in [9.17, 15) is 4.79 Å². The minimum Gasteiger partial charge on any atom is -0.337 e. The zero-order valence-electron chi connectivity index (χ0n) is 16.9. The van der Waals surface area contributed by atoms with E-state index in [1.54, 1.807) is 6.92 Å². The zero-order valence-corrected chi connectivity index (χ0v) is 16.9. The number of carbonyl (C=O) groups excluding carboxylic acids is 1. The molecule has 29 heavy (non-hydrogen) atoms. The Kier molecular flexibility index (Phi) is 5.71. The van der Waals surface area contributed by atoms with E-state index >= 15 is 0 Å². The van der Waals surface area contributed by atoms with Gasteiger partial charge >= 0.3 is 0 Å². The maximum Gasteiger partial charge on any atom is 0.254 e. The second-order valence-electron chi connectivity index (χ2n) is 7.35. The van der Waals surface area contributed by atoms with Gasteiger partial charge in [0.25, 0.3) is 11.8 Å². The van der Waals surface area contributed by atoms with E-state index in [4.69, 9.17) is 4.52 Å². The Morgan fingerprint density at radius 3 is 2.76 bits per heavy atom. The molecule has 2 aromatic heterocycles. The summed E-state index contributed by atoms with van der Waals surface area (Å²) in [4.78, 5) is 21.9. The average molecular weight is 394 g/mol. The molecule has 8 nitrogen and oxygen atoms in total. The van der Waals surface area contributed by atoms with Gasteiger partial charge in [0.05, 0.1) is 6.20 Å². The van der Waals surface area contributed by atoms with Crippen LogP contribution in [0.5, 0.6) is 0 Å². The van der Waals surface area contributed by atoms with Crippen LogP contribution >= 0.6 is 0 Å². The van der Waals surface area contributed by atoms with E-state index in [0.29, 0.717) is 30.4 Å². The lowest BCUT2D eigenvalue weighted by atomic mass is 10.1. The van der Waals surface area contributed by atoms with E-state index in [1.165, 1.54) is 0 Å². The molecule has 1 unspecified atom stereocenters. The summed E-state index contributed by atoms with van der Waals surface area (Å²) in [5, 5.41) is 8.33. The molecule has 0 bridgehead atoms. The number of aryl methyl sites for hydroxylation is 2. The molecule has 3 aromatic rings. The van der Waals surface area contributed by atoms with Crippen LogP contribution in [0.4, 0.5) is 0 Å². The fourth-order valence-corrected chi connectivity index (χ4v) is 3.77. The fourth-order valence-electron chi connectivity index (χ4n) is 3.77. The quantitative estimate of drug-likeness (QED) is 0.662. The monoisotopic (exact) mass is 394 g/mol. The third kappa shape index (κ3) is 4.37. The number of amides is 1. The Bertz CT molecular complexity index is 951. The highest BCUT2D eigenvalue weighted by atomic mass is 16.5. The highest BCUT2D eigenvalue weighted by molar-refractivity contribution is 5.94. The van der Waals surface area contributed by atoms with Crippen LogP contribution < -0.4 is 0 Å². The maximum atomic E-state index is 13.3. The number of benzene rings is 1. The Balaban J connectivity index is 1.59. The van der Waals surface area contributed by atoms with Gasteiger partial charge in [0.15, 0.2) is 5.82 Å². The van der Waals surface area contributed by atoms with Gasteiger partial charge in [0.1, 0.15) is 6.04 Å². The van der Waals surface area contributed by atoms with Crippen molar-refractivity contribution in [3.8, 4) is 0 Å². The molecule has 1 aliphatic heterocycles. The molecule has 0 spiro atoms. The van der Waals surface area contributed by atoms with Gasteiger partial charge in [-0.25, -0.2) is 0 Å². The molecule has 0 radical (unpaired) electrons. The SMILES string of the molecule is CCn1cc(CN2CCCN(C(=O)c3ccccc3)C(c3nc(C)no3)C2)cn1. The molecular weight excluding hydrogens is 368 g/mol. The Hall–Kier alpha value is -3.00. The zero-order chi connectivity index (χ0) is 20.2. The number of hydrogen-bond donors (Lipinski definition) is 0. The topological polar surface area (TPSA) is 80.3 Å². The van der Waals surface area contributed by atoms with Gasteiger partial charge in [-0.3, -0.25) is 14.4 Å². The minimum absolute atomic E-state index is 0.00731. The van der Waals surface area contributed by atoms with Crippen molar-refractivity contribution in [1.82, 2.24) is 29.7 Å². The summed E-state index contributed by atoms with van der Waals surface area (Å²) in [6.07, 6.45) is 4.86. The number of rotatable bonds is 5. The van der Waals surface area contributed by atoms with E-state index < -0.39 is 0 Å². The van der Waals surface area contributed by atoms with Gasteiger partial charge < -0.3 is 9.42 Å². The summed E-state index contributed by atoms with van der Waals surface area (Å²) >= 11 is 0. The molecule has 1 saturated heterocycles. The lowest BCUT2D eigenvalue weighted by Gasteiger charge is -2.29. The maximum absolute atomic E-state index is 13.3. The fraction of sp³-hybridized carbons (Fsp3) is 0.429. The van der Waals surface area contributed by atoms with E-state index in [2.05, 4.69) is 33.3 Å². The summed E-state index contributed by atoms with van der Waals surface area (Å²) in [6, 6.07) is 9.09. The number of aromatic nitrogens is 4. The average Bonchev–Trinajstić information content (AvgIpc) is 3.32. The molecule has 1 atom stereocenters. The number of carbonyl (C=O) groups is 1. The van der Waals surface area contributed by atoms with Crippen molar-refractivity contribution in [3.63, 3.8) is 0 Å². The number of nitrogens with zero attached hydrogens (tertiary/aromatic N) is 6. The second kappa shape index (κ2) is 8.57. The van der Waals surface area contributed by atoms with Crippen molar-refractivity contribution in [2.45, 2.75) is 39.4 Å². The molecule has 1 amide bonds. The van der Waals surface area contributed by atoms with Crippen LogP contribution in [0.1, 0.15) is 47.0 Å². The van der Waals surface area contributed by atoms with Crippen LogP contribution in [0.15, 0.2) is 47.2 Å². The van der Waals surface area contributed by atoms with Crippen molar-refractivity contribution >= 4 is 5.91 Å². The smallest absolute Gasteiger partial charge is 0.254 e. The standard InChI is InChI=1S/C21H26N6O2/c1-3-26-14-17(12-22-26)13-25-10-7-11-27(21(28)18-8-5-4-6-9-18)19(15-25)20-23-16(2)24-29-20/h4-6,8-9,12,14,19H,3,7,10-11,13,15H2,1-2H3. The molecule has 4 rings (SSSR count). The summed E-state index contributed by atoms with van der Waals surface area (Å²) in [6.45, 7) is 7.66. The lowest BCUT2D eigenvalue weighted by Crippen LogP contribution is -2.38. The largest absolute Gasteiger partial charge is 0.337 e. The van der Waals surface area contributed by atoms with Crippen LogP contribution in [0, 0.1) is 6.92 Å². The molecule has 3 heterocycles. The first-order valence-electron chi connectivity index (χ1n) is 10.0. The summed E-state index contributed by atoms with van der Waals surface area (Å²) in [5.41, 5.74) is 1.83. The predicted octanol–water partition coefficient (Wildman–Crippen LogP) is 2.68.